The second-order valence-electron chi connectivity index (χ2n) is 4.79. The maximum absolute atomic E-state index is 6.05. The zero-order valence-electron chi connectivity index (χ0n) is 11.5. The summed E-state index contributed by atoms with van der Waals surface area (Å²) in [5.74, 6) is 0.916. The van der Waals surface area contributed by atoms with Crippen LogP contribution >= 0.6 is 11.6 Å². The van der Waals surface area contributed by atoms with Gasteiger partial charge in [-0.25, -0.2) is 0 Å². The maximum Gasteiger partial charge on any atom is 0.134 e. The molecule has 0 saturated carbocycles. The minimum absolute atomic E-state index is 0.583. The van der Waals surface area contributed by atoms with Gasteiger partial charge < -0.3 is 9.73 Å². The number of aryl methyl sites for hydroxylation is 1. The van der Waals surface area contributed by atoms with E-state index in [1.54, 1.807) is 0 Å². The topological polar surface area (TPSA) is 43.0 Å². The van der Waals surface area contributed by atoms with Crippen molar-refractivity contribution in [2.45, 2.75) is 20.0 Å². The Morgan fingerprint density at radius 3 is 2.85 bits per heavy atom. The Labute approximate surface area is 122 Å². The maximum atomic E-state index is 6.05. The number of fused-ring (bicyclic) bond motifs is 1. The minimum Gasteiger partial charge on any atom is -0.459 e. The van der Waals surface area contributed by atoms with Gasteiger partial charge in [0.15, 0.2) is 0 Å². The van der Waals surface area contributed by atoms with Crippen molar-refractivity contribution in [1.82, 2.24) is 15.1 Å². The summed E-state index contributed by atoms with van der Waals surface area (Å²) in [7, 11) is 1.93. The fourth-order valence-corrected chi connectivity index (χ4v) is 2.52. The average molecular weight is 290 g/mol. The fourth-order valence-electron chi connectivity index (χ4n) is 2.37. The van der Waals surface area contributed by atoms with Crippen molar-refractivity contribution in [3.63, 3.8) is 0 Å². The van der Waals surface area contributed by atoms with Crippen LogP contribution in [0.4, 0.5) is 0 Å². The van der Waals surface area contributed by atoms with Gasteiger partial charge in [-0.2, -0.15) is 5.10 Å². The first-order valence-corrected chi connectivity index (χ1v) is 6.90. The van der Waals surface area contributed by atoms with Crippen molar-refractivity contribution in [2.75, 3.05) is 7.05 Å². The van der Waals surface area contributed by atoms with Crippen LogP contribution in [0, 0.1) is 6.92 Å². The highest BCUT2D eigenvalue weighted by molar-refractivity contribution is 6.31. The monoisotopic (exact) mass is 289 g/mol. The number of nitrogens with zero attached hydrogens (tertiary/aromatic N) is 2. The lowest BCUT2D eigenvalue weighted by Crippen LogP contribution is -2.08. The molecule has 0 bridgehead atoms. The third kappa shape index (κ3) is 2.32. The second kappa shape index (κ2) is 5.31. The van der Waals surface area contributed by atoms with Crippen LogP contribution in [0.5, 0.6) is 0 Å². The molecule has 0 amide bonds. The molecule has 20 heavy (non-hydrogen) atoms. The van der Waals surface area contributed by atoms with Gasteiger partial charge in [-0.1, -0.05) is 29.8 Å². The Morgan fingerprint density at radius 1 is 1.35 bits per heavy atom. The highest BCUT2D eigenvalue weighted by Crippen LogP contribution is 2.26. The van der Waals surface area contributed by atoms with Crippen molar-refractivity contribution in [2.24, 2.45) is 0 Å². The molecule has 5 heteroatoms. The second-order valence-corrected chi connectivity index (χ2v) is 5.20. The number of para-hydroxylation sites is 1. The molecule has 1 aromatic carbocycles. The lowest BCUT2D eigenvalue weighted by Gasteiger charge is -2.03. The summed E-state index contributed by atoms with van der Waals surface area (Å²) >= 11 is 6.05. The normalized spacial score (nSPS) is 11.3. The van der Waals surface area contributed by atoms with E-state index in [4.69, 9.17) is 16.0 Å². The molecule has 4 nitrogen and oxygen atoms in total. The van der Waals surface area contributed by atoms with Crippen LogP contribution in [0.15, 0.2) is 34.9 Å². The molecule has 0 unspecified atom stereocenters. The van der Waals surface area contributed by atoms with E-state index in [1.807, 2.05) is 43.0 Å². The van der Waals surface area contributed by atoms with Crippen molar-refractivity contribution in [3.05, 3.63) is 52.5 Å². The fraction of sp³-hybridized carbons (Fsp3) is 0.267. The van der Waals surface area contributed by atoms with Crippen molar-refractivity contribution in [1.29, 1.82) is 0 Å². The zero-order chi connectivity index (χ0) is 14.1. The molecule has 2 aromatic heterocycles. The number of rotatable bonds is 4. The Balaban J connectivity index is 2.03. The van der Waals surface area contributed by atoms with Gasteiger partial charge in [-0.05, 0) is 20.0 Å². The van der Waals surface area contributed by atoms with E-state index in [0.717, 1.165) is 29.0 Å². The molecule has 0 aliphatic heterocycles. The van der Waals surface area contributed by atoms with Crippen molar-refractivity contribution in [3.8, 4) is 0 Å². The molecule has 0 fully saturated rings. The van der Waals surface area contributed by atoms with Gasteiger partial charge in [-0.15, -0.1) is 0 Å². The lowest BCUT2D eigenvalue weighted by atomic mass is 10.1. The molecule has 0 spiro atoms. The smallest absolute Gasteiger partial charge is 0.134 e. The van der Waals surface area contributed by atoms with Crippen LogP contribution in [0.2, 0.25) is 5.02 Å². The van der Waals surface area contributed by atoms with Crippen LogP contribution < -0.4 is 5.32 Å². The molecule has 0 saturated heterocycles. The van der Waals surface area contributed by atoms with E-state index >= 15 is 0 Å². The van der Waals surface area contributed by atoms with Gasteiger partial charge in [0.2, 0.25) is 0 Å². The van der Waals surface area contributed by atoms with Gasteiger partial charge in [0, 0.05) is 23.7 Å². The molecule has 0 radical (unpaired) electrons. The summed E-state index contributed by atoms with van der Waals surface area (Å²) in [6.45, 7) is 3.24. The number of aromatic nitrogens is 2. The van der Waals surface area contributed by atoms with E-state index in [1.165, 1.54) is 5.56 Å². The summed E-state index contributed by atoms with van der Waals surface area (Å²) in [4.78, 5) is 0. The summed E-state index contributed by atoms with van der Waals surface area (Å²) in [5, 5.41) is 9.39. The summed E-state index contributed by atoms with van der Waals surface area (Å²) in [6, 6.07) is 8.07. The predicted molar refractivity (Wildman–Crippen MR) is 80.1 cm³/mol. The largest absolute Gasteiger partial charge is 0.459 e. The van der Waals surface area contributed by atoms with E-state index in [0.29, 0.717) is 11.6 Å². The van der Waals surface area contributed by atoms with E-state index in [2.05, 4.69) is 16.5 Å². The van der Waals surface area contributed by atoms with Gasteiger partial charge >= 0.3 is 0 Å². The first-order chi connectivity index (χ1) is 9.69. The van der Waals surface area contributed by atoms with Crippen LogP contribution in [-0.4, -0.2) is 16.8 Å². The Kier molecular flexibility index (Phi) is 3.51. The number of benzene rings is 1. The van der Waals surface area contributed by atoms with Gasteiger partial charge in [0.05, 0.1) is 17.3 Å². The highest BCUT2D eigenvalue weighted by Gasteiger charge is 2.14. The minimum atomic E-state index is 0.583. The first-order valence-electron chi connectivity index (χ1n) is 6.52. The zero-order valence-corrected chi connectivity index (χ0v) is 12.2. The third-order valence-corrected chi connectivity index (χ3v) is 3.70. The Hall–Kier alpha value is -1.78. The molecule has 0 aliphatic rings. The Morgan fingerprint density at radius 2 is 2.15 bits per heavy atom. The van der Waals surface area contributed by atoms with Gasteiger partial charge in [0.1, 0.15) is 11.3 Å². The van der Waals surface area contributed by atoms with E-state index in [-0.39, 0.29) is 0 Å². The summed E-state index contributed by atoms with van der Waals surface area (Å²) in [5.41, 5.74) is 2.91. The van der Waals surface area contributed by atoms with Gasteiger partial charge in [-0.3, -0.25) is 4.68 Å². The van der Waals surface area contributed by atoms with Crippen LogP contribution in [0.1, 0.15) is 17.0 Å². The number of hydrogen-bond acceptors (Lipinski definition) is 3. The van der Waals surface area contributed by atoms with Crippen molar-refractivity contribution >= 4 is 22.6 Å². The Bertz CT molecular complexity index is 725. The number of nitrogens with one attached hydrogen (secondary N) is 1. The number of furan rings is 1. The van der Waals surface area contributed by atoms with Crippen LogP contribution in [0.25, 0.3) is 11.0 Å². The molecule has 3 rings (SSSR count). The highest BCUT2D eigenvalue weighted by atomic mass is 35.5. The lowest BCUT2D eigenvalue weighted by molar-refractivity contribution is 0.500. The summed E-state index contributed by atoms with van der Waals surface area (Å²) < 4.78 is 7.77. The molecule has 3 aromatic rings. The average Bonchev–Trinajstić information content (AvgIpc) is 2.92. The number of hydrogen-bond donors (Lipinski definition) is 1. The molecular formula is C15H16ClN3O. The quantitative estimate of drug-likeness (QED) is 0.801. The van der Waals surface area contributed by atoms with Crippen LogP contribution in [0.3, 0.4) is 0 Å². The third-order valence-electron chi connectivity index (χ3n) is 3.33. The van der Waals surface area contributed by atoms with E-state index < -0.39 is 0 Å². The summed E-state index contributed by atoms with van der Waals surface area (Å²) in [6.07, 6.45) is 1.83. The van der Waals surface area contributed by atoms with E-state index in [9.17, 15) is 0 Å². The molecule has 0 aliphatic carbocycles. The van der Waals surface area contributed by atoms with Crippen molar-refractivity contribution < 1.29 is 4.42 Å². The standard InChI is InChI=1S/C15H16ClN3O/c1-10-13(16)8-19(18-10)9-15-12(7-17-2)11-5-3-4-6-14(11)20-15/h3-6,8,17H,7,9H2,1-2H3. The first kappa shape index (κ1) is 13.2. The molecule has 0 atom stereocenters. The molecule has 1 N–H and O–H groups in total. The number of halogens is 1. The van der Waals surface area contributed by atoms with Crippen LogP contribution in [-0.2, 0) is 13.1 Å². The molecule has 104 valence electrons. The van der Waals surface area contributed by atoms with Gasteiger partial charge in [0.25, 0.3) is 0 Å². The SMILES string of the molecule is CNCc1c(Cn2cc(Cl)c(C)n2)oc2ccccc12. The predicted octanol–water partition coefficient (Wildman–Crippen LogP) is 3.36. The molecular weight excluding hydrogens is 274 g/mol. The molecule has 2 heterocycles.